The lowest BCUT2D eigenvalue weighted by molar-refractivity contribution is 0.0954. The summed E-state index contributed by atoms with van der Waals surface area (Å²) in [5.74, 6) is 0.750. The average Bonchev–Trinajstić information content (AvgIpc) is 2.70. The highest BCUT2D eigenvalue weighted by molar-refractivity contribution is 6.10. The third-order valence-corrected chi connectivity index (χ3v) is 4.15. The molecule has 0 aromatic heterocycles. The number of methoxy groups -OCH3 is 2. The van der Waals surface area contributed by atoms with Gasteiger partial charge >= 0.3 is 0 Å². The monoisotopic (exact) mass is 348 g/mol. The van der Waals surface area contributed by atoms with Crippen LogP contribution in [0, 0.1) is 0 Å². The number of hydrogen-bond acceptors (Lipinski definition) is 4. The second kappa shape index (κ2) is 7.70. The molecule has 1 amide bonds. The standard InChI is InChI=1S/C21H20N2O3/c1-14(17-10-6-8-15-7-4-5-9-18(15)17)22-23-21(24)16-11-12-19(25-2)20(13-16)26-3/h4-13H,1-3H3,(H,23,24)/b22-14-. The van der Waals surface area contributed by atoms with Crippen LogP contribution in [0.15, 0.2) is 65.8 Å². The van der Waals surface area contributed by atoms with Crippen molar-refractivity contribution < 1.29 is 14.3 Å². The van der Waals surface area contributed by atoms with Gasteiger partial charge in [0.15, 0.2) is 11.5 Å². The van der Waals surface area contributed by atoms with E-state index in [4.69, 9.17) is 9.47 Å². The number of hydrazone groups is 1. The molecule has 0 heterocycles. The minimum absolute atomic E-state index is 0.314. The van der Waals surface area contributed by atoms with Crippen LogP contribution in [0.2, 0.25) is 0 Å². The molecule has 0 fully saturated rings. The zero-order chi connectivity index (χ0) is 18.5. The first-order chi connectivity index (χ1) is 12.6. The number of fused-ring (bicyclic) bond motifs is 1. The van der Waals surface area contributed by atoms with Crippen molar-refractivity contribution in [3.8, 4) is 11.5 Å². The van der Waals surface area contributed by atoms with Gasteiger partial charge in [0.05, 0.1) is 19.9 Å². The largest absolute Gasteiger partial charge is 0.493 e. The molecule has 3 aromatic carbocycles. The zero-order valence-corrected chi connectivity index (χ0v) is 14.9. The molecule has 0 aliphatic heterocycles. The van der Waals surface area contributed by atoms with Crippen molar-refractivity contribution in [2.45, 2.75) is 6.92 Å². The van der Waals surface area contributed by atoms with Crippen molar-refractivity contribution in [2.24, 2.45) is 5.10 Å². The van der Waals surface area contributed by atoms with Gasteiger partial charge in [-0.1, -0.05) is 42.5 Å². The Morgan fingerprint density at radius 2 is 1.65 bits per heavy atom. The van der Waals surface area contributed by atoms with Crippen LogP contribution >= 0.6 is 0 Å². The molecule has 0 radical (unpaired) electrons. The number of benzene rings is 3. The van der Waals surface area contributed by atoms with Gasteiger partial charge in [-0.3, -0.25) is 4.79 Å². The summed E-state index contributed by atoms with van der Waals surface area (Å²) < 4.78 is 10.4. The van der Waals surface area contributed by atoms with E-state index in [1.165, 1.54) is 7.11 Å². The Morgan fingerprint density at radius 1 is 0.923 bits per heavy atom. The van der Waals surface area contributed by atoms with Gasteiger partial charge in [-0.15, -0.1) is 0 Å². The fraction of sp³-hybridized carbons (Fsp3) is 0.143. The lowest BCUT2D eigenvalue weighted by atomic mass is 10.0. The Kier molecular flexibility index (Phi) is 5.17. The van der Waals surface area contributed by atoms with Crippen molar-refractivity contribution in [2.75, 3.05) is 14.2 Å². The molecule has 0 unspecified atom stereocenters. The van der Waals surface area contributed by atoms with Gasteiger partial charge < -0.3 is 9.47 Å². The summed E-state index contributed by atoms with van der Waals surface area (Å²) >= 11 is 0. The molecular weight excluding hydrogens is 328 g/mol. The SMILES string of the molecule is COc1ccc(C(=O)N/N=C(/C)c2cccc3ccccc23)cc1OC. The van der Waals surface area contributed by atoms with E-state index in [-0.39, 0.29) is 5.91 Å². The van der Waals surface area contributed by atoms with Crippen molar-refractivity contribution >= 4 is 22.4 Å². The first-order valence-corrected chi connectivity index (χ1v) is 8.19. The van der Waals surface area contributed by atoms with Gasteiger partial charge in [0.25, 0.3) is 5.91 Å². The van der Waals surface area contributed by atoms with E-state index in [0.29, 0.717) is 17.1 Å². The fourth-order valence-corrected chi connectivity index (χ4v) is 2.78. The number of ether oxygens (including phenoxy) is 2. The van der Waals surface area contributed by atoms with Gasteiger partial charge in [-0.2, -0.15) is 5.10 Å². The van der Waals surface area contributed by atoms with Crippen LogP contribution < -0.4 is 14.9 Å². The Bertz CT molecular complexity index is 975. The summed E-state index contributed by atoms with van der Waals surface area (Å²) in [6.45, 7) is 1.87. The minimum Gasteiger partial charge on any atom is -0.493 e. The lowest BCUT2D eigenvalue weighted by Crippen LogP contribution is -2.19. The van der Waals surface area contributed by atoms with Gasteiger partial charge in [0.1, 0.15) is 0 Å². The van der Waals surface area contributed by atoms with Crippen LogP contribution in [0.1, 0.15) is 22.8 Å². The highest BCUT2D eigenvalue weighted by Crippen LogP contribution is 2.27. The van der Waals surface area contributed by atoms with Crippen molar-refractivity contribution in [1.29, 1.82) is 0 Å². The average molecular weight is 348 g/mol. The van der Waals surface area contributed by atoms with Gasteiger partial charge in [-0.05, 0) is 35.9 Å². The quantitative estimate of drug-likeness (QED) is 0.560. The lowest BCUT2D eigenvalue weighted by Gasteiger charge is -2.09. The molecule has 0 saturated heterocycles. The summed E-state index contributed by atoms with van der Waals surface area (Å²) in [6.07, 6.45) is 0. The van der Waals surface area contributed by atoms with Gasteiger partial charge in [0.2, 0.25) is 0 Å². The molecule has 132 valence electrons. The summed E-state index contributed by atoms with van der Waals surface area (Å²) in [5, 5.41) is 6.49. The normalized spacial score (nSPS) is 11.3. The molecule has 0 saturated carbocycles. The number of carbonyl (C=O) groups is 1. The van der Waals surface area contributed by atoms with Crippen LogP contribution in [0.3, 0.4) is 0 Å². The summed E-state index contributed by atoms with van der Waals surface area (Å²) in [6, 6.07) is 19.1. The highest BCUT2D eigenvalue weighted by atomic mass is 16.5. The van der Waals surface area contributed by atoms with Gasteiger partial charge in [-0.25, -0.2) is 5.43 Å². The molecule has 3 aromatic rings. The van der Waals surface area contributed by atoms with Crippen molar-refractivity contribution in [1.82, 2.24) is 5.43 Å². The second-order valence-electron chi connectivity index (χ2n) is 5.73. The molecule has 26 heavy (non-hydrogen) atoms. The zero-order valence-electron chi connectivity index (χ0n) is 14.9. The van der Waals surface area contributed by atoms with Crippen LogP contribution in [0.4, 0.5) is 0 Å². The van der Waals surface area contributed by atoms with E-state index < -0.39 is 0 Å². The number of nitrogens with zero attached hydrogens (tertiary/aromatic N) is 1. The van der Waals surface area contributed by atoms with Crippen LogP contribution in [0.5, 0.6) is 11.5 Å². The van der Waals surface area contributed by atoms with E-state index in [0.717, 1.165) is 22.0 Å². The van der Waals surface area contributed by atoms with Crippen molar-refractivity contribution in [3.05, 3.63) is 71.8 Å². The number of rotatable bonds is 5. The highest BCUT2D eigenvalue weighted by Gasteiger charge is 2.11. The molecule has 0 atom stereocenters. The predicted octanol–water partition coefficient (Wildman–Crippen LogP) is 4.01. The first kappa shape index (κ1) is 17.5. The molecule has 5 heteroatoms. The molecule has 5 nitrogen and oxygen atoms in total. The fourth-order valence-electron chi connectivity index (χ4n) is 2.78. The van der Waals surface area contributed by atoms with Gasteiger partial charge in [0, 0.05) is 11.1 Å². The summed E-state index contributed by atoms with van der Waals surface area (Å²) in [4.78, 5) is 12.4. The van der Waals surface area contributed by atoms with E-state index >= 15 is 0 Å². The van der Waals surface area contributed by atoms with Crippen LogP contribution in [0.25, 0.3) is 10.8 Å². The second-order valence-corrected chi connectivity index (χ2v) is 5.73. The molecule has 0 bridgehead atoms. The Morgan fingerprint density at radius 3 is 2.42 bits per heavy atom. The maximum Gasteiger partial charge on any atom is 0.271 e. The Balaban J connectivity index is 1.83. The van der Waals surface area contributed by atoms with E-state index in [2.05, 4.69) is 10.5 Å². The molecule has 0 aliphatic rings. The molecule has 1 N–H and O–H groups in total. The maximum atomic E-state index is 12.4. The molecular formula is C21H20N2O3. The van der Waals surface area contributed by atoms with E-state index in [1.807, 2.05) is 49.4 Å². The summed E-state index contributed by atoms with van der Waals surface area (Å²) in [5.41, 5.74) is 4.76. The van der Waals surface area contributed by atoms with Crippen molar-refractivity contribution in [3.63, 3.8) is 0 Å². The third kappa shape index (κ3) is 3.52. The van der Waals surface area contributed by atoms with Crippen LogP contribution in [-0.2, 0) is 0 Å². The third-order valence-electron chi connectivity index (χ3n) is 4.15. The number of hydrogen-bond donors (Lipinski definition) is 1. The molecule has 0 aliphatic carbocycles. The predicted molar refractivity (Wildman–Crippen MR) is 103 cm³/mol. The van der Waals surface area contributed by atoms with Crippen LogP contribution in [-0.4, -0.2) is 25.8 Å². The maximum absolute atomic E-state index is 12.4. The smallest absolute Gasteiger partial charge is 0.271 e. The van der Waals surface area contributed by atoms with E-state index in [9.17, 15) is 4.79 Å². The number of nitrogens with one attached hydrogen (secondary N) is 1. The summed E-state index contributed by atoms with van der Waals surface area (Å²) in [7, 11) is 3.08. The topological polar surface area (TPSA) is 59.9 Å². The Labute approximate surface area is 152 Å². The minimum atomic E-state index is -0.314. The number of amides is 1. The molecule has 3 rings (SSSR count). The number of carbonyl (C=O) groups excluding carboxylic acids is 1. The van der Waals surface area contributed by atoms with E-state index in [1.54, 1.807) is 25.3 Å². The molecule has 0 spiro atoms. The Hall–Kier alpha value is -3.34. The first-order valence-electron chi connectivity index (χ1n) is 8.19.